The molecule has 1 heterocycles. The lowest BCUT2D eigenvalue weighted by Gasteiger charge is -2.23. The Morgan fingerprint density at radius 2 is 2.22 bits per heavy atom. The summed E-state index contributed by atoms with van der Waals surface area (Å²) >= 11 is 0. The third-order valence-electron chi connectivity index (χ3n) is 3.21. The minimum atomic E-state index is -0.562. The summed E-state index contributed by atoms with van der Waals surface area (Å²) in [5, 5.41) is 10.8. The number of nitrogens with zero attached hydrogens (tertiary/aromatic N) is 3. The first kappa shape index (κ1) is 12.3. The monoisotopic (exact) mass is 247 g/mol. The van der Waals surface area contributed by atoms with Crippen LogP contribution in [0.15, 0.2) is 29.3 Å². The lowest BCUT2D eigenvalue weighted by Crippen LogP contribution is -2.28. The van der Waals surface area contributed by atoms with E-state index in [1.165, 1.54) is 6.08 Å². The summed E-state index contributed by atoms with van der Waals surface area (Å²) in [5.41, 5.74) is 1.25. The van der Waals surface area contributed by atoms with Crippen LogP contribution in [0.5, 0.6) is 0 Å². The van der Waals surface area contributed by atoms with Crippen LogP contribution in [0.3, 0.4) is 0 Å². The topological polar surface area (TPSA) is 75.8 Å². The van der Waals surface area contributed by atoms with Crippen molar-refractivity contribution in [1.82, 2.24) is 0 Å². The first-order chi connectivity index (χ1) is 8.63. The van der Waals surface area contributed by atoms with Crippen molar-refractivity contribution in [1.29, 1.82) is 0 Å². The van der Waals surface area contributed by atoms with Crippen molar-refractivity contribution in [2.75, 3.05) is 11.4 Å². The molecule has 2 unspecified atom stereocenters. The number of hydrogen-bond donors (Lipinski definition) is 0. The normalized spacial score (nSPS) is 22.6. The predicted octanol–water partition coefficient (Wildman–Crippen LogP) is 1.90. The van der Waals surface area contributed by atoms with E-state index >= 15 is 0 Å². The predicted molar refractivity (Wildman–Crippen MR) is 66.4 cm³/mol. The van der Waals surface area contributed by atoms with Gasteiger partial charge in [-0.2, -0.15) is 4.99 Å². The molecule has 0 aromatic heterocycles. The summed E-state index contributed by atoms with van der Waals surface area (Å²) in [6.07, 6.45) is 2.02. The van der Waals surface area contributed by atoms with Crippen molar-refractivity contribution < 1.29 is 9.72 Å². The van der Waals surface area contributed by atoms with Gasteiger partial charge in [0, 0.05) is 17.4 Å². The number of benzene rings is 1. The Hall–Kier alpha value is -2.20. The van der Waals surface area contributed by atoms with Crippen molar-refractivity contribution >= 4 is 17.5 Å². The number of para-hydroxylation sites is 2. The van der Waals surface area contributed by atoms with Gasteiger partial charge in [-0.1, -0.05) is 12.1 Å². The summed E-state index contributed by atoms with van der Waals surface area (Å²) < 4.78 is 0. The molecule has 0 N–H and O–H groups in total. The maximum absolute atomic E-state index is 10.8. The molecular formula is C12H13N3O3. The summed E-state index contributed by atoms with van der Waals surface area (Å²) in [6, 6.07) is 6.61. The molecule has 0 spiro atoms. The highest BCUT2D eigenvalue weighted by Gasteiger charge is 2.37. The molecule has 1 aliphatic heterocycles. The molecule has 1 saturated heterocycles. The molecule has 94 valence electrons. The molecule has 6 heteroatoms. The van der Waals surface area contributed by atoms with Crippen LogP contribution in [0.1, 0.15) is 13.3 Å². The Bertz CT molecular complexity index is 511. The Morgan fingerprint density at radius 1 is 1.50 bits per heavy atom. The zero-order valence-corrected chi connectivity index (χ0v) is 9.94. The van der Waals surface area contributed by atoms with E-state index in [2.05, 4.69) is 4.99 Å². The van der Waals surface area contributed by atoms with E-state index < -0.39 is 6.04 Å². The highest BCUT2D eigenvalue weighted by molar-refractivity contribution is 5.70. The van der Waals surface area contributed by atoms with Crippen LogP contribution in [0.4, 0.5) is 11.4 Å². The molecule has 0 aliphatic carbocycles. The van der Waals surface area contributed by atoms with Gasteiger partial charge in [0.25, 0.3) is 0 Å². The molecule has 18 heavy (non-hydrogen) atoms. The van der Waals surface area contributed by atoms with Gasteiger partial charge >= 0.3 is 0 Å². The van der Waals surface area contributed by atoms with Crippen molar-refractivity contribution in [3.8, 4) is 0 Å². The zero-order valence-electron chi connectivity index (χ0n) is 9.94. The average molecular weight is 247 g/mol. The van der Waals surface area contributed by atoms with E-state index in [0.717, 1.165) is 5.69 Å². The first-order valence-corrected chi connectivity index (χ1v) is 5.70. The number of rotatable bonds is 3. The van der Waals surface area contributed by atoms with Crippen LogP contribution in [0, 0.1) is 10.1 Å². The molecule has 0 bridgehead atoms. The lowest BCUT2D eigenvalue weighted by atomic mass is 10.2. The average Bonchev–Trinajstić information content (AvgIpc) is 2.73. The van der Waals surface area contributed by atoms with E-state index in [9.17, 15) is 14.9 Å². The molecule has 0 radical (unpaired) electrons. The van der Waals surface area contributed by atoms with Crippen LogP contribution in [0.2, 0.25) is 0 Å². The van der Waals surface area contributed by atoms with Crippen LogP contribution >= 0.6 is 0 Å². The SMILES string of the molecule is CC1CC([N+](=O)[O-])CN1c1ccccc1N=C=O. The van der Waals surface area contributed by atoms with Crippen LogP contribution < -0.4 is 4.90 Å². The molecule has 1 aromatic rings. The first-order valence-electron chi connectivity index (χ1n) is 5.70. The largest absolute Gasteiger partial charge is 0.360 e. The number of carbonyl (C=O) groups excluding carboxylic acids is 1. The third kappa shape index (κ3) is 2.24. The summed E-state index contributed by atoms with van der Waals surface area (Å²) in [4.78, 5) is 26.5. The summed E-state index contributed by atoms with van der Waals surface area (Å²) in [6.45, 7) is 2.28. The van der Waals surface area contributed by atoms with Crippen molar-refractivity contribution in [2.45, 2.75) is 25.4 Å². The van der Waals surface area contributed by atoms with Crippen LogP contribution in [-0.2, 0) is 4.79 Å². The molecule has 1 fully saturated rings. The Balaban J connectivity index is 2.32. The highest BCUT2D eigenvalue weighted by atomic mass is 16.6. The van der Waals surface area contributed by atoms with Gasteiger partial charge in [-0.15, -0.1) is 0 Å². The maximum atomic E-state index is 10.8. The van der Waals surface area contributed by atoms with E-state index in [1.54, 1.807) is 12.1 Å². The quantitative estimate of drug-likeness (QED) is 0.354. The van der Waals surface area contributed by atoms with Crippen molar-refractivity contribution in [3.63, 3.8) is 0 Å². The molecular weight excluding hydrogens is 234 g/mol. The second kappa shape index (κ2) is 4.98. The van der Waals surface area contributed by atoms with Gasteiger partial charge in [-0.05, 0) is 19.1 Å². The van der Waals surface area contributed by atoms with E-state index in [1.807, 2.05) is 24.0 Å². The fourth-order valence-electron chi connectivity index (χ4n) is 2.34. The fraction of sp³-hybridized carbons (Fsp3) is 0.417. The van der Waals surface area contributed by atoms with Gasteiger partial charge in [0.05, 0.1) is 17.9 Å². The Kier molecular flexibility index (Phi) is 3.39. The molecule has 1 aromatic carbocycles. The highest BCUT2D eigenvalue weighted by Crippen LogP contribution is 2.33. The molecule has 0 saturated carbocycles. The van der Waals surface area contributed by atoms with E-state index in [-0.39, 0.29) is 11.0 Å². The van der Waals surface area contributed by atoms with Crippen LogP contribution in [0.25, 0.3) is 0 Å². The number of anilines is 1. The maximum Gasteiger partial charge on any atom is 0.240 e. The molecule has 0 amide bonds. The molecule has 6 nitrogen and oxygen atoms in total. The van der Waals surface area contributed by atoms with E-state index in [0.29, 0.717) is 18.7 Å². The zero-order chi connectivity index (χ0) is 13.1. The number of hydrogen-bond acceptors (Lipinski definition) is 5. The summed E-state index contributed by atoms with van der Waals surface area (Å²) in [5.74, 6) is 0. The van der Waals surface area contributed by atoms with Gasteiger partial charge in [0.1, 0.15) is 0 Å². The van der Waals surface area contributed by atoms with Crippen LogP contribution in [-0.4, -0.2) is 29.6 Å². The lowest BCUT2D eigenvalue weighted by molar-refractivity contribution is -0.517. The molecule has 2 atom stereocenters. The van der Waals surface area contributed by atoms with Crippen molar-refractivity contribution in [3.05, 3.63) is 34.4 Å². The molecule has 1 aliphatic rings. The standard InChI is InChI=1S/C12H13N3O3/c1-9-6-10(15(17)18)7-14(9)12-5-3-2-4-11(12)13-8-16/h2-5,9-10H,6-7H2,1H3. The summed E-state index contributed by atoms with van der Waals surface area (Å²) in [7, 11) is 0. The smallest absolute Gasteiger partial charge is 0.240 e. The second-order valence-electron chi connectivity index (χ2n) is 4.37. The van der Waals surface area contributed by atoms with Gasteiger partial charge in [0.2, 0.25) is 12.1 Å². The van der Waals surface area contributed by atoms with Crippen molar-refractivity contribution in [2.24, 2.45) is 4.99 Å². The number of isocyanates is 1. The van der Waals surface area contributed by atoms with E-state index in [4.69, 9.17) is 0 Å². The third-order valence-corrected chi connectivity index (χ3v) is 3.21. The van der Waals surface area contributed by atoms with Gasteiger partial charge in [0.15, 0.2) is 0 Å². The number of aliphatic imine (C=N–C) groups is 1. The van der Waals surface area contributed by atoms with Gasteiger partial charge < -0.3 is 4.90 Å². The van der Waals surface area contributed by atoms with Gasteiger partial charge in [-0.25, -0.2) is 4.79 Å². The minimum absolute atomic E-state index is 0.0587. The second-order valence-corrected chi connectivity index (χ2v) is 4.37. The Labute approximate surface area is 104 Å². The van der Waals surface area contributed by atoms with Gasteiger partial charge in [-0.3, -0.25) is 10.1 Å². The number of nitro groups is 1. The minimum Gasteiger partial charge on any atom is -0.360 e. The fourth-order valence-corrected chi connectivity index (χ4v) is 2.34. The molecule has 2 rings (SSSR count). The Morgan fingerprint density at radius 3 is 2.83 bits per heavy atom.